The Bertz CT molecular complexity index is 496. The number of hydrogen-bond acceptors (Lipinski definition) is 3. The number of rotatable bonds is 5. The molecule has 1 heterocycles. The molecule has 1 aliphatic rings. The predicted octanol–water partition coefficient (Wildman–Crippen LogP) is 2.68. The van der Waals surface area contributed by atoms with Crippen molar-refractivity contribution in [3.63, 3.8) is 0 Å². The minimum absolute atomic E-state index is 0.0672. The molecule has 1 aliphatic carbocycles. The van der Waals surface area contributed by atoms with Gasteiger partial charge >= 0.3 is 5.97 Å². The number of nitrogens with one attached hydrogen (secondary N) is 1. The summed E-state index contributed by atoms with van der Waals surface area (Å²) in [6.45, 7) is 1.89. The van der Waals surface area contributed by atoms with Crippen LogP contribution in [0.4, 0.5) is 0 Å². The molecule has 0 spiro atoms. The van der Waals surface area contributed by atoms with Crippen LogP contribution in [0.3, 0.4) is 0 Å². The van der Waals surface area contributed by atoms with Crippen molar-refractivity contribution in [2.24, 2.45) is 5.41 Å². The third kappa shape index (κ3) is 3.80. The molecule has 0 radical (unpaired) electrons. The van der Waals surface area contributed by atoms with Crippen molar-refractivity contribution < 1.29 is 14.7 Å². The Morgan fingerprint density at radius 2 is 1.90 bits per heavy atom. The maximum absolute atomic E-state index is 12.2. The first kappa shape index (κ1) is 15.5. The summed E-state index contributed by atoms with van der Waals surface area (Å²) in [7, 11) is 0. The van der Waals surface area contributed by atoms with Crippen LogP contribution in [-0.4, -0.2) is 22.0 Å². The Kier molecular flexibility index (Phi) is 4.94. The Labute approximate surface area is 124 Å². The predicted molar refractivity (Wildman–Crippen MR) is 78.6 cm³/mol. The molecule has 114 valence electrons. The van der Waals surface area contributed by atoms with Gasteiger partial charge in [0.05, 0.1) is 11.5 Å². The van der Waals surface area contributed by atoms with Gasteiger partial charge in [0.15, 0.2) is 0 Å². The minimum Gasteiger partial charge on any atom is -0.481 e. The van der Waals surface area contributed by atoms with E-state index in [-0.39, 0.29) is 18.4 Å². The van der Waals surface area contributed by atoms with Gasteiger partial charge in [-0.15, -0.1) is 0 Å². The zero-order chi connectivity index (χ0) is 15.3. The first-order valence-electron chi connectivity index (χ1n) is 7.46. The number of aromatic nitrogens is 1. The molecule has 0 aliphatic heterocycles. The number of carbonyl (C=O) groups is 2. The Balaban J connectivity index is 1.98. The average molecular weight is 290 g/mol. The Morgan fingerprint density at radius 3 is 2.48 bits per heavy atom. The summed E-state index contributed by atoms with van der Waals surface area (Å²) in [5.41, 5.74) is 0.0895. The summed E-state index contributed by atoms with van der Waals surface area (Å²) in [6, 6.07) is 3.55. The number of hydrogen-bond donors (Lipinski definition) is 2. The molecule has 5 nitrogen and oxygen atoms in total. The summed E-state index contributed by atoms with van der Waals surface area (Å²) in [6.07, 6.45) is 7.45. The standard InChI is InChI=1S/C16H22N2O3/c1-12(13-5-9-17-10-6-13)18-14(19)11-16(15(20)21)7-3-2-4-8-16/h5-6,9-10,12H,2-4,7-8,11H2,1H3,(H,18,19)(H,20,21). The lowest BCUT2D eigenvalue weighted by Crippen LogP contribution is -2.39. The number of aliphatic carboxylic acids is 1. The van der Waals surface area contributed by atoms with Crippen LogP contribution in [0.15, 0.2) is 24.5 Å². The quantitative estimate of drug-likeness (QED) is 0.873. The van der Waals surface area contributed by atoms with Crippen molar-refractivity contribution in [1.82, 2.24) is 10.3 Å². The third-order valence-electron chi connectivity index (χ3n) is 4.35. The maximum atomic E-state index is 12.2. The molecular formula is C16H22N2O3. The molecule has 21 heavy (non-hydrogen) atoms. The van der Waals surface area contributed by atoms with Crippen molar-refractivity contribution in [2.75, 3.05) is 0 Å². The molecule has 2 N–H and O–H groups in total. The van der Waals surface area contributed by atoms with Crippen molar-refractivity contribution >= 4 is 11.9 Å². The van der Waals surface area contributed by atoms with E-state index in [1.165, 1.54) is 0 Å². The highest BCUT2D eigenvalue weighted by molar-refractivity contribution is 5.85. The molecule has 0 saturated heterocycles. The topological polar surface area (TPSA) is 79.3 Å². The Morgan fingerprint density at radius 1 is 1.29 bits per heavy atom. The van der Waals surface area contributed by atoms with Crippen molar-refractivity contribution in [3.05, 3.63) is 30.1 Å². The zero-order valence-electron chi connectivity index (χ0n) is 12.3. The van der Waals surface area contributed by atoms with Gasteiger partial charge in [0.25, 0.3) is 0 Å². The normalized spacial score (nSPS) is 18.7. The van der Waals surface area contributed by atoms with Gasteiger partial charge in [-0.2, -0.15) is 0 Å². The van der Waals surface area contributed by atoms with Crippen LogP contribution in [0.1, 0.15) is 57.1 Å². The number of carbonyl (C=O) groups excluding carboxylic acids is 1. The first-order chi connectivity index (χ1) is 10.0. The second-order valence-corrected chi connectivity index (χ2v) is 5.89. The third-order valence-corrected chi connectivity index (χ3v) is 4.35. The fraction of sp³-hybridized carbons (Fsp3) is 0.562. The van der Waals surface area contributed by atoms with E-state index in [0.717, 1.165) is 24.8 Å². The van der Waals surface area contributed by atoms with Gasteiger partial charge < -0.3 is 10.4 Å². The first-order valence-corrected chi connectivity index (χ1v) is 7.46. The summed E-state index contributed by atoms with van der Waals surface area (Å²) in [5.74, 6) is -1.03. The van der Waals surface area contributed by atoms with Crippen molar-refractivity contribution in [1.29, 1.82) is 0 Å². The van der Waals surface area contributed by atoms with E-state index in [4.69, 9.17) is 0 Å². The van der Waals surface area contributed by atoms with Crippen LogP contribution in [0, 0.1) is 5.41 Å². The van der Waals surface area contributed by atoms with Gasteiger partial charge in [0.1, 0.15) is 0 Å². The van der Waals surface area contributed by atoms with E-state index in [2.05, 4.69) is 10.3 Å². The van der Waals surface area contributed by atoms with Crippen LogP contribution in [0.2, 0.25) is 0 Å². The molecule has 2 rings (SSSR count). The number of amides is 1. The largest absolute Gasteiger partial charge is 0.481 e. The molecule has 1 amide bonds. The molecule has 1 atom stereocenters. The molecule has 1 aromatic rings. The highest BCUT2D eigenvalue weighted by Gasteiger charge is 2.41. The molecular weight excluding hydrogens is 268 g/mol. The van der Waals surface area contributed by atoms with Crippen LogP contribution in [0.25, 0.3) is 0 Å². The minimum atomic E-state index is -0.875. The molecule has 1 aromatic heterocycles. The summed E-state index contributed by atoms with van der Waals surface area (Å²) in [4.78, 5) is 27.7. The van der Waals surface area contributed by atoms with Crippen LogP contribution >= 0.6 is 0 Å². The van der Waals surface area contributed by atoms with Gasteiger partial charge in [-0.25, -0.2) is 0 Å². The highest BCUT2D eigenvalue weighted by atomic mass is 16.4. The summed E-state index contributed by atoms with van der Waals surface area (Å²) >= 11 is 0. The van der Waals surface area contributed by atoms with E-state index >= 15 is 0 Å². The number of pyridine rings is 1. The maximum Gasteiger partial charge on any atom is 0.310 e. The monoisotopic (exact) mass is 290 g/mol. The van der Waals surface area contributed by atoms with Crippen LogP contribution < -0.4 is 5.32 Å². The molecule has 0 aromatic carbocycles. The lowest BCUT2D eigenvalue weighted by atomic mass is 9.71. The van der Waals surface area contributed by atoms with Crippen molar-refractivity contribution in [3.8, 4) is 0 Å². The van der Waals surface area contributed by atoms with E-state index in [0.29, 0.717) is 12.8 Å². The molecule has 0 bridgehead atoms. The highest BCUT2D eigenvalue weighted by Crippen LogP contribution is 2.39. The zero-order valence-corrected chi connectivity index (χ0v) is 12.3. The van der Waals surface area contributed by atoms with E-state index in [1.54, 1.807) is 12.4 Å². The SMILES string of the molecule is CC(NC(=O)CC1(C(=O)O)CCCCC1)c1ccncc1. The number of carboxylic acid groups (broad SMARTS) is 1. The molecule has 1 fully saturated rings. The van der Waals surface area contributed by atoms with Gasteiger partial charge in [-0.05, 0) is 37.5 Å². The lowest BCUT2D eigenvalue weighted by Gasteiger charge is -2.32. The van der Waals surface area contributed by atoms with Gasteiger partial charge in [-0.1, -0.05) is 19.3 Å². The number of carboxylic acids is 1. The molecule has 1 saturated carbocycles. The van der Waals surface area contributed by atoms with Crippen LogP contribution in [0.5, 0.6) is 0 Å². The van der Waals surface area contributed by atoms with E-state index in [9.17, 15) is 14.7 Å². The number of nitrogens with zero attached hydrogens (tertiary/aromatic N) is 1. The van der Waals surface area contributed by atoms with Gasteiger partial charge in [-0.3, -0.25) is 14.6 Å². The Hall–Kier alpha value is -1.91. The second kappa shape index (κ2) is 6.70. The summed E-state index contributed by atoms with van der Waals surface area (Å²) in [5, 5.41) is 12.4. The molecule has 1 unspecified atom stereocenters. The van der Waals surface area contributed by atoms with Crippen molar-refractivity contribution in [2.45, 2.75) is 51.5 Å². The smallest absolute Gasteiger partial charge is 0.310 e. The van der Waals surface area contributed by atoms with Gasteiger partial charge in [0, 0.05) is 18.8 Å². The van der Waals surface area contributed by atoms with Crippen LogP contribution in [-0.2, 0) is 9.59 Å². The molecule has 5 heteroatoms. The average Bonchev–Trinajstić information content (AvgIpc) is 2.48. The summed E-state index contributed by atoms with van der Waals surface area (Å²) < 4.78 is 0. The fourth-order valence-corrected chi connectivity index (χ4v) is 3.03. The second-order valence-electron chi connectivity index (χ2n) is 5.89. The van der Waals surface area contributed by atoms with E-state index < -0.39 is 11.4 Å². The lowest BCUT2D eigenvalue weighted by molar-refractivity contribution is -0.154. The fourth-order valence-electron chi connectivity index (χ4n) is 3.03. The van der Waals surface area contributed by atoms with Gasteiger partial charge in [0.2, 0.25) is 5.91 Å². The van der Waals surface area contributed by atoms with E-state index in [1.807, 2.05) is 19.1 Å².